The Bertz CT molecular complexity index is 797. The molecule has 2 heterocycles. The molecule has 0 unspecified atom stereocenters. The second-order valence-corrected chi connectivity index (χ2v) is 6.92. The standard InChI is InChI=1S/C16H16ClN3S/c1-10-7-15(13-8-11(18)3-5-14(13)19-10)20(2)9-12-4-6-16(17)21-12/h3-8H,9,18H2,1-2H3. The number of benzene rings is 1. The highest BCUT2D eigenvalue weighted by molar-refractivity contribution is 7.16. The van der Waals surface area contributed by atoms with E-state index in [1.165, 1.54) is 4.88 Å². The first kappa shape index (κ1) is 14.2. The lowest BCUT2D eigenvalue weighted by Crippen LogP contribution is -2.16. The molecule has 0 saturated heterocycles. The first-order valence-corrected chi connectivity index (χ1v) is 7.84. The van der Waals surface area contributed by atoms with Crippen LogP contribution in [0.2, 0.25) is 4.34 Å². The van der Waals surface area contributed by atoms with Crippen LogP contribution in [0.25, 0.3) is 10.9 Å². The lowest BCUT2D eigenvalue weighted by molar-refractivity contribution is 0.942. The molecule has 0 radical (unpaired) electrons. The predicted molar refractivity (Wildman–Crippen MR) is 92.3 cm³/mol. The summed E-state index contributed by atoms with van der Waals surface area (Å²) in [5, 5.41) is 1.07. The molecular weight excluding hydrogens is 302 g/mol. The summed E-state index contributed by atoms with van der Waals surface area (Å²) in [7, 11) is 2.07. The number of aromatic nitrogens is 1. The molecule has 2 aromatic heterocycles. The Morgan fingerprint density at radius 1 is 1.24 bits per heavy atom. The summed E-state index contributed by atoms with van der Waals surface area (Å²) in [5.74, 6) is 0. The summed E-state index contributed by atoms with van der Waals surface area (Å²) in [6.45, 7) is 2.82. The molecule has 5 heteroatoms. The molecule has 3 aromatic rings. The zero-order chi connectivity index (χ0) is 15.0. The van der Waals surface area contributed by atoms with Crippen molar-refractivity contribution in [3.8, 4) is 0 Å². The summed E-state index contributed by atoms with van der Waals surface area (Å²) in [4.78, 5) is 8.01. The number of pyridine rings is 1. The van der Waals surface area contributed by atoms with E-state index >= 15 is 0 Å². The molecule has 0 fully saturated rings. The van der Waals surface area contributed by atoms with E-state index in [9.17, 15) is 0 Å². The van der Waals surface area contributed by atoms with E-state index in [-0.39, 0.29) is 0 Å². The van der Waals surface area contributed by atoms with Crippen LogP contribution in [0.1, 0.15) is 10.6 Å². The van der Waals surface area contributed by atoms with Crippen LogP contribution in [-0.4, -0.2) is 12.0 Å². The number of nitrogens with zero attached hydrogens (tertiary/aromatic N) is 2. The third-order valence-electron chi connectivity index (χ3n) is 3.37. The van der Waals surface area contributed by atoms with Crippen molar-refractivity contribution in [2.45, 2.75) is 13.5 Å². The minimum atomic E-state index is 0.752. The fourth-order valence-corrected chi connectivity index (χ4v) is 3.57. The average molecular weight is 318 g/mol. The van der Waals surface area contributed by atoms with Gasteiger partial charge in [-0.25, -0.2) is 0 Å². The second-order valence-electron chi connectivity index (χ2n) is 5.12. The molecule has 3 rings (SSSR count). The van der Waals surface area contributed by atoms with E-state index in [0.717, 1.165) is 38.9 Å². The maximum atomic E-state index is 6.00. The molecule has 0 atom stereocenters. The van der Waals surface area contributed by atoms with Crippen molar-refractivity contribution in [1.29, 1.82) is 0 Å². The third kappa shape index (κ3) is 2.96. The summed E-state index contributed by atoms with van der Waals surface area (Å²) < 4.78 is 0.818. The number of rotatable bonds is 3. The maximum absolute atomic E-state index is 6.00. The molecule has 3 nitrogen and oxygen atoms in total. The van der Waals surface area contributed by atoms with Crippen LogP contribution in [-0.2, 0) is 6.54 Å². The monoisotopic (exact) mass is 317 g/mol. The van der Waals surface area contributed by atoms with Gasteiger partial charge >= 0.3 is 0 Å². The molecule has 0 amide bonds. The van der Waals surface area contributed by atoms with Crippen molar-refractivity contribution >= 4 is 45.2 Å². The Kier molecular flexibility index (Phi) is 3.74. The minimum Gasteiger partial charge on any atom is -0.399 e. The van der Waals surface area contributed by atoms with Crippen molar-refractivity contribution in [1.82, 2.24) is 4.98 Å². The van der Waals surface area contributed by atoms with E-state index in [2.05, 4.69) is 29.1 Å². The number of fused-ring (bicyclic) bond motifs is 1. The quantitative estimate of drug-likeness (QED) is 0.724. The van der Waals surface area contributed by atoms with Crippen LogP contribution < -0.4 is 10.6 Å². The Morgan fingerprint density at radius 3 is 2.76 bits per heavy atom. The van der Waals surface area contributed by atoms with Gasteiger partial charge in [-0.1, -0.05) is 11.6 Å². The van der Waals surface area contributed by atoms with Gasteiger partial charge in [0.25, 0.3) is 0 Å². The Morgan fingerprint density at radius 2 is 2.05 bits per heavy atom. The first-order chi connectivity index (χ1) is 10.0. The van der Waals surface area contributed by atoms with Gasteiger partial charge in [0.2, 0.25) is 0 Å². The fourth-order valence-electron chi connectivity index (χ4n) is 2.43. The summed E-state index contributed by atoms with van der Waals surface area (Å²) in [6.07, 6.45) is 0. The largest absolute Gasteiger partial charge is 0.399 e. The first-order valence-electron chi connectivity index (χ1n) is 6.65. The van der Waals surface area contributed by atoms with Gasteiger partial charge in [-0.2, -0.15) is 0 Å². The molecule has 0 saturated carbocycles. The maximum Gasteiger partial charge on any atom is 0.0931 e. The smallest absolute Gasteiger partial charge is 0.0931 e. The van der Waals surface area contributed by atoms with Crippen LogP contribution in [0.4, 0.5) is 11.4 Å². The minimum absolute atomic E-state index is 0.752. The number of nitrogen functional groups attached to an aromatic ring is 1. The van der Waals surface area contributed by atoms with Crippen LogP contribution in [0.3, 0.4) is 0 Å². The molecule has 0 aliphatic carbocycles. The molecule has 21 heavy (non-hydrogen) atoms. The number of halogens is 1. The van der Waals surface area contributed by atoms with Crippen molar-refractivity contribution in [2.24, 2.45) is 0 Å². The number of nitrogens with two attached hydrogens (primary N) is 1. The topological polar surface area (TPSA) is 42.1 Å². The van der Waals surface area contributed by atoms with Gasteiger partial charge in [0.1, 0.15) is 0 Å². The molecule has 0 aliphatic rings. The van der Waals surface area contributed by atoms with E-state index in [1.807, 2.05) is 31.2 Å². The van der Waals surface area contributed by atoms with Gasteiger partial charge in [0.05, 0.1) is 16.4 Å². The zero-order valence-electron chi connectivity index (χ0n) is 11.9. The highest BCUT2D eigenvalue weighted by atomic mass is 35.5. The number of thiophene rings is 1. The summed E-state index contributed by atoms with van der Waals surface area (Å²) in [6, 6.07) is 11.9. The lowest BCUT2D eigenvalue weighted by Gasteiger charge is -2.21. The lowest BCUT2D eigenvalue weighted by atomic mass is 10.1. The molecule has 0 aliphatic heterocycles. The molecule has 1 aromatic carbocycles. The SMILES string of the molecule is Cc1cc(N(C)Cc2ccc(Cl)s2)c2cc(N)ccc2n1. The van der Waals surface area contributed by atoms with Crippen LogP contribution >= 0.6 is 22.9 Å². The van der Waals surface area contributed by atoms with Crippen LogP contribution in [0.5, 0.6) is 0 Å². The van der Waals surface area contributed by atoms with Crippen LogP contribution in [0, 0.1) is 6.92 Å². The van der Waals surface area contributed by atoms with Crippen molar-refractivity contribution in [3.63, 3.8) is 0 Å². The van der Waals surface area contributed by atoms with Gasteiger partial charge in [-0.3, -0.25) is 4.98 Å². The number of hydrogen-bond donors (Lipinski definition) is 1. The highest BCUT2D eigenvalue weighted by Gasteiger charge is 2.10. The van der Waals surface area contributed by atoms with E-state index in [1.54, 1.807) is 11.3 Å². The number of anilines is 2. The Hall–Kier alpha value is -1.78. The molecular formula is C16H16ClN3S. The molecule has 0 bridgehead atoms. The van der Waals surface area contributed by atoms with Crippen molar-refractivity contribution in [3.05, 3.63) is 51.3 Å². The highest BCUT2D eigenvalue weighted by Crippen LogP contribution is 2.30. The average Bonchev–Trinajstić information content (AvgIpc) is 2.83. The summed E-state index contributed by atoms with van der Waals surface area (Å²) >= 11 is 7.61. The molecule has 2 N–H and O–H groups in total. The normalized spacial score (nSPS) is 11.0. The van der Waals surface area contributed by atoms with Gasteiger partial charge in [0, 0.05) is 34.4 Å². The predicted octanol–water partition coefficient (Wildman–Crippen LogP) is 4.48. The van der Waals surface area contributed by atoms with Gasteiger partial charge < -0.3 is 10.6 Å². The fraction of sp³-hybridized carbons (Fsp3) is 0.188. The molecule has 0 spiro atoms. The van der Waals surface area contributed by atoms with Crippen LogP contribution in [0.15, 0.2) is 36.4 Å². The number of hydrogen-bond acceptors (Lipinski definition) is 4. The molecule has 108 valence electrons. The van der Waals surface area contributed by atoms with Gasteiger partial charge in [-0.15, -0.1) is 11.3 Å². The van der Waals surface area contributed by atoms with Crippen molar-refractivity contribution < 1.29 is 0 Å². The number of aryl methyl sites for hydroxylation is 1. The zero-order valence-corrected chi connectivity index (χ0v) is 13.5. The van der Waals surface area contributed by atoms with E-state index < -0.39 is 0 Å². The third-order valence-corrected chi connectivity index (χ3v) is 4.59. The Balaban J connectivity index is 2.03. The van der Waals surface area contributed by atoms with E-state index in [4.69, 9.17) is 17.3 Å². The van der Waals surface area contributed by atoms with Gasteiger partial charge in [-0.05, 0) is 43.3 Å². The van der Waals surface area contributed by atoms with Crippen molar-refractivity contribution in [2.75, 3.05) is 17.7 Å². The second kappa shape index (κ2) is 5.54. The van der Waals surface area contributed by atoms with Gasteiger partial charge in [0.15, 0.2) is 0 Å². The Labute approximate surface area is 133 Å². The van der Waals surface area contributed by atoms with E-state index in [0.29, 0.717) is 0 Å². The summed E-state index contributed by atoms with van der Waals surface area (Å²) in [5.41, 5.74) is 9.78.